The van der Waals surface area contributed by atoms with Crippen molar-refractivity contribution in [2.45, 2.75) is 20.5 Å². The van der Waals surface area contributed by atoms with Gasteiger partial charge < -0.3 is 9.30 Å². The molecule has 2 aromatic carbocycles. The number of hydrogen-bond acceptors (Lipinski definition) is 4. The van der Waals surface area contributed by atoms with Crippen LogP contribution in [0.25, 0.3) is 11.8 Å². The molecule has 2 N–H and O–H groups in total. The Morgan fingerprint density at radius 2 is 1.69 bits per heavy atom. The van der Waals surface area contributed by atoms with Crippen LogP contribution in [0.2, 0.25) is 5.02 Å². The highest BCUT2D eigenvalue weighted by Crippen LogP contribution is 2.25. The van der Waals surface area contributed by atoms with Crippen LogP contribution in [-0.2, 0) is 16.2 Å². The lowest BCUT2D eigenvalue weighted by Gasteiger charge is -2.16. The Hall–Kier alpha value is -3.42. The lowest BCUT2D eigenvalue weighted by atomic mass is 10.1. The summed E-state index contributed by atoms with van der Waals surface area (Å²) in [5.41, 5.74) is 4.51. The molecule has 0 spiro atoms. The Kier molecular flexibility index (Phi) is 6.12. The fourth-order valence-corrected chi connectivity index (χ4v) is 3.94. The van der Waals surface area contributed by atoms with Gasteiger partial charge in [-0.1, -0.05) is 29.8 Å². The van der Waals surface area contributed by atoms with E-state index in [9.17, 15) is 9.59 Å². The van der Waals surface area contributed by atoms with Crippen molar-refractivity contribution in [3.8, 4) is 11.4 Å². The summed E-state index contributed by atoms with van der Waals surface area (Å²) in [6.45, 7) is 4.28. The number of amides is 2. The molecular formula is C24H20ClN3O3S. The van der Waals surface area contributed by atoms with Crippen LogP contribution < -0.4 is 15.4 Å². The zero-order valence-electron chi connectivity index (χ0n) is 17.4. The van der Waals surface area contributed by atoms with Gasteiger partial charge in [-0.2, -0.15) is 0 Å². The van der Waals surface area contributed by atoms with Gasteiger partial charge in [0.1, 0.15) is 17.9 Å². The summed E-state index contributed by atoms with van der Waals surface area (Å²) < 4.78 is 7.91. The molecule has 162 valence electrons. The minimum Gasteiger partial charge on any atom is -0.489 e. The van der Waals surface area contributed by atoms with Crippen LogP contribution in [0, 0.1) is 13.8 Å². The summed E-state index contributed by atoms with van der Waals surface area (Å²) in [7, 11) is 0. The van der Waals surface area contributed by atoms with E-state index in [0.717, 1.165) is 34.0 Å². The van der Waals surface area contributed by atoms with Gasteiger partial charge in [0.15, 0.2) is 5.11 Å². The first-order chi connectivity index (χ1) is 15.3. The number of carbonyl (C=O) groups is 2. The molecule has 1 aliphatic heterocycles. The second-order valence-electron chi connectivity index (χ2n) is 7.33. The third kappa shape index (κ3) is 4.44. The number of rotatable bonds is 5. The molecule has 0 atom stereocenters. The fraction of sp³-hybridized carbons (Fsp3) is 0.125. The second kappa shape index (κ2) is 8.98. The highest BCUT2D eigenvalue weighted by atomic mass is 35.5. The van der Waals surface area contributed by atoms with Crippen molar-refractivity contribution in [3.63, 3.8) is 0 Å². The van der Waals surface area contributed by atoms with Gasteiger partial charge in [-0.05, 0) is 74.1 Å². The molecule has 8 heteroatoms. The fourth-order valence-electron chi connectivity index (χ4n) is 3.56. The summed E-state index contributed by atoms with van der Waals surface area (Å²) in [6, 6.07) is 17.2. The topological polar surface area (TPSA) is 72.4 Å². The zero-order valence-corrected chi connectivity index (χ0v) is 19.0. The Morgan fingerprint density at radius 1 is 1.03 bits per heavy atom. The molecule has 0 aliphatic carbocycles. The van der Waals surface area contributed by atoms with E-state index in [1.807, 2.05) is 73.0 Å². The summed E-state index contributed by atoms with van der Waals surface area (Å²) in [6.07, 6.45) is 1.58. The third-order valence-corrected chi connectivity index (χ3v) is 5.73. The van der Waals surface area contributed by atoms with Gasteiger partial charge in [0.25, 0.3) is 11.8 Å². The molecule has 1 aromatic heterocycles. The summed E-state index contributed by atoms with van der Waals surface area (Å²) in [4.78, 5) is 24.3. The molecule has 0 unspecified atom stereocenters. The second-order valence-corrected chi connectivity index (χ2v) is 8.15. The Balaban J connectivity index is 1.56. The smallest absolute Gasteiger partial charge is 0.263 e. The third-order valence-electron chi connectivity index (χ3n) is 5.16. The monoisotopic (exact) mass is 465 g/mol. The van der Waals surface area contributed by atoms with Crippen molar-refractivity contribution >= 4 is 46.8 Å². The van der Waals surface area contributed by atoms with Crippen molar-refractivity contribution in [2.24, 2.45) is 0 Å². The van der Waals surface area contributed by atoms with Crippen LogP contribution in [0.1, 0.15) is 22.5 Å². The molecule has 1 aliphatic rings. The Bertz CT molecular complexity index is 1240. The van der Waals surface area contributed by atoms with E-state index in [1.165, 1.54) is 0 Å². The van der Waals surface area contributed by atoms with E-state index in [-0.39, 0.29) is 10.7 Å². The van der Waals surface area contributed by atoms with Crippen molar-refractivity contribution in [3.05, 3.63) is 87.7 Å². The number of thiocarbonyl (C=S) groups is 1. The average molecular weight is 466 g/mol. The maximum Gasteiger partial charge on any atom is 0.263 e. The standard InChI is InChI=1S/C24H20ClN3O3S/c1-14-11-17(12-20-22(29)26-24(32)27-23(20)30)15(2)28(14)18-7-9-19(10-8-18)31-13-16-5-3-4-6-21(16)25/h3-12H,13H2,1-2H3,(H2,26,27,29,30,32). The molecule has 4 rings (SSSR count). The molecular weight excluding hydrogens is 446 g/mol. The summed E-state index contributed by atoms with van der Waals surface area (Å²) in [5.74, 6) is -0.294. The molecule has 1 fully saturated rings. The summed E-state index contributed by atoms with van der Waals surface area (Å²) >= 11 is 11.0. The van der Waals surface area contributed by atoms with Gasteiger partial charge in [-0.15, -0.1) is 0 Å². The molecule has 0 bridgehead atoms. The predicted octanol–water partition coefficient (Wildman–Crippen LogP) is 4.24. The molecule has 2 heterocycles. The van der Waals surface area contributed by atoms with Crippen LogP contribution >= 0.6 is 23.8 Å². The van der Waals surface area contributed by atoms with Crippen LogP contribution in [0.15, 0.2) is 60.2 Å². The number of nitrogens with one attached hydrogen (secondary N) is 2. The first kappa shape index (κ1) is 21.8. The number of aryl methyl sites for hydroxylation is 1. The number of carbonyl (C=O) groups excluding carboxylic acids is 2. The van der Waals surface area contributed by atoms with E-state index >= 15 is 0 Å². The normalized spacial score (nSPS) is 13.6. The number of benzene rings is 2. The van der Waals surface area contributed by atoms with Crippen LogP contribution in [0.3, 0.4) is 0 Å². The molecule has 1 saturated heterocycles. The number of hydrogen-bond donors (Lipinski definition) is 2. The van der Waals surface area contributed by atoms with Gasteiger partial charge >= 0.3 is 0 Å². The Labute approximate surface area is 195 Å². The first-order valence-electron chi connectivity index (χ1n) is 9.87. The highest BCUT2D eigenvalue weighted by Gasteiger charge is 2.26. The number of halogens is 1. The molecule has 32 heavy (non-hydrogen) atoms. The van der Waals surface area contributed by atoms with E-state index in [2.05, 4.69) is 10.6 Å². The molecule has 0 radical (unpaired) electrons. The van der Waals surface area contributed by atoms with Gasteiger partial charge in [-0.25, -0.2) is 0 Å². The maximum absolute atomic E-state index is 12.2. The number of ether oxygens (including phenoxy) is 1. The van der Waals surface area contributed by atoms with E-state index in [4.69, 9.17) is 28.6 Å². The minimum atomic E-state index is -0.511. The lowest BCUT2D eigenvalue weighted by Crippen LogP contribution is -2.51. The van der Waals surface area contributed by atoms with Crippen LogP contribution in [-0.4, -0.2) is 21.5 Å². The average Bonchev–Trinajstić information content (AvgIpc) is 3.03. The van der Waals surface area contributed by atoms with Crippen molar-refractivity contribution in [2.75, 3.05) is 0 Å². The number of aromatic nitrogens is 1. The van der Waals surface area contributed by atoms with Crippen molar-refractivity contribution in [1.29, 1.82) is 0 Å². The van der Waals surface area contributed by atoms with Crippen LogP contribution in [0.4, 0.5) is 0 Å². The van der Waals surface area contributed by atoms with Gasteiger partial charge in [0.2, 0.25) is 0 Å². The first-order valence-corrected chi connectivity index (χ1v) is 10.7. The van der Waals surface area contributed by atoms with Crippen molar-refractivity contribution < 1.29 is 14.3 Å². The lowest BCUT2D eigenvalue weighted by molar-refractivity contribution is -0.123. The number of nitrogens with zero attached hydrogens (tertiary/aromatic N) is 1. The van der Waals surface area contributed by atoms with Gasteiger partial charge in [0, 0.05) is 27.7 Å². The molecule has 2 amide bonds. The summed E-state index contributed by atoms with van der Waals surface area (Å²) in [5, 5.41) is 5.58. The maximum atomic E-state index is 12.2. The van der Waals surface area contributed by atoms with E-state index < -0.39 is 11.8 Å². The highest BCUT2D eigenvalue weighted by molar-refractivity contribution is 7.80. The van der Waals surface area contributed by atoms with E-state index in [0.29, 0.717) is 11.6 Å². The van der Waals surface area contributed by atoms with Gasteiger partial charge in [0.05, 0.1) is 0 Å². The zero-order chi connectivity index (χ0) is 22.8. The largest absolute Gasteiger partial charge is 0.489 e. The van der Waals surface area contributed by atoms with Crippen molar-refractivity contribution in [1.82, 2.24) is 15.2 Å². The van der Waals surface area contributed by atoms with Crippen LogP contribution in [0.5, 0.6) is 5.75 Å². The predicted molar refractivity (Wildman–Crippen MR) is 128 cm³/mol. The van der Waals surface area contributed by atoms with E-state index in [1.54, 1.807) is 6.08 Å². The quantitative estimate of drug-likeness (QED) is 0.336. The Morgan fingerprint density at radius 3 is 2.34 bits per heavy atom. The molecule has 6 nitrogen and oxygen atoms in total. The minimum absolute atomic E-state index is 0.0134. The van der Waals surface area contributed by atoms with Gasteiger partial charge in [-0.3, -0.25) is 20.2 Å². The molecule has 0 saturated carbocycles. The molecule has 3 aromatic rings. The SMILES string of the molecule is Cc1cc(C=C2C(=O)NC(=S)NC2=O)c(C)n1-c1ccc(OCc2ccccc2Cl)cc1.